The van der Waals surface area contributed by atoms with Crippen LogP contribution in [0.15, 0.2) is 4.74 Å². The lowest BCUT2D eigenvalue weighted by atomic mass is 10.1. The van der Waals surface area contributed by atoms with Gasteiger partial charge in [-0.15, -0.1) is 0 Å². The monoisotopic (exact) mass is 277 g/mol. The molecule has 0 aromatic rings. The first-order chi connectivity index (χ1) is 8.08. The van der Waals surface area contributed by atoms with E-state index in [4.69, 9.17) is 13.8 Å². The highest BCUT2D eigenvalue weighted by Gasteiger charge is 2.38. The van der Waals surface area contributed by atoms with Crippen molar-refractivity contribution in [3.63, 3.8) is 0 Å². The van der Waals surface area contributed by atoms with Gasteiger partial charge in [0.2, 0.25) is 7.51 Å². The summed E-state index contributed by atoms with van der Waals surface area (Å²) in [5.41, 5.74) is -0.136. The van der Waals surface area contributed by atoms with Gasteiger partial charge in [0.25, 0.3) is 0 Å². The predicted octanol–water partition coefficient (Wildman–Crippen LogP) is 5.47. The summed E-state index contributed by atoms with van der Waals surface area (Å²) in [7, 11) is -2.21. The largest absolute Gasteiger partial charge is 0.323 e. The Balaban J connectivity index is 5.48. The summed E-state index contributed by atoms with van der Waals surface area (Å²) in [6.45, 7) is 18.5. The average Bonchev–Trinajstić information content (AvgIpc) is 2.18. The topological polar surface area (TPSA) is 30.8 Å². The molecule has 0 N–H and O–H groups in total. The molecule has 0 unspecified atom stereocenters. The van der Waals surface area contributed by atoms with E-state index >= 15 is 0 Å². The van der Waals surface area contributed by atoms with Crippen LogP contribution < -0.4 is 0 Å². The highest BCUT2D eigenvalue weighted by molar-refractivity contribution is 7.58. The molecule has 0 fully saturated rings. The summed E-state index contributed by atoms with van der Waals surface area (Å²) in [6.07, 6.45) is 1.99. The van der Waals surface area contributed by atoms with E-state index in [0.717, 1.165) is 12.8 Å². The van der Waals surface area contributed by atoms with Crippen LogP contribution in [-0.2, 0) is 9.05 Å². The van der Waals surface area contributed by atoms with E-state index in [9.17, 15) is 0 Å². The molecular formula is C14H32NO2P. The fourth-order valence-electron chi connectivity index (χ4n) is 1.46. The van der Waals surface area contributed by atoms with Crippen molar-refractivity contribution >= 4 is 7.51 Å². The van der Waals surface area contributed by atoms with Crippen molar-refractivity contribution in [1.29, 1.82) is 0 Å². The minimum absolute atomic E-state index is 0.0788. The molecule has 18 heavy (non-hydrogen) atoms. The van der Waals surface area contributed by atoms with Gasteiger partial charge in [-0.05, 0) is 33.6 Å². The van der Waals surface area contributed by atoms with Crippen LogP contribution in [0.4, 0.5) is 0 Å². The van der Waals surface area contributed by atoms with Crippen LogP contribution in [-0.4, -0.2) is 23.9 Å². The quantitative estimate of drug-likeness (QED) is 0.603. The second-order valence-electron chi connectivity index (χ2n) is 6.63. The van der Waals surface area contributed by atoms with Gasteiger partial charge < -0.3 is 9.05 Å². The molecule has 0 aromatic carbocycles. The molecule has 0 heterocycles. The molecule has 0 aliphatic heterocycles. The van der Waals surface area contributed by atoms with Gasteiger partial charge in [-0.3, -0.25) is 0 Å². The molecule has 0 bridgehead atoms. The second kappa shape index (κ2) is 7.07. The molecule has 0 rings (SSSR count). The van der Waals surface area contributed by atoms with Crippen molar-refractivity contribution < 1.29 is 9.05 Å². The van der Waals surface area contributed by atoms with E-state index in [1.165, 1.54) is 0 Å². The molecule has 110 valence electrons. The van der Waals surface area contributed by atoms with Crippen LogP contribution in [0.3, 0.4) is 0 Å². The fraction of sp³-hybridized carbons (Fsp3) is 1.00. The normalized spacial score (nSPS) is 13.8. The van der Waals surface area contributed by atoms with Crippen molar-refractivity contribution in [2.45, 2.75) is 78.9 Å². The predicted molar refractivity (Wildman–Crippen MR) is 81.3 cm³/mol. The Morgan fingerprint density at radius 3 is 1.44 bits per heavy atom. The fourth-order valence-corrected chi connectivity index (χ4v) is 4.37. The van der Waals surface area contributed by atoms with Crippen molar-refractivity contribution in [1.82, 2.24) is 0 Å². The van der Waals surface area contributed by atoms with E-state index in [0.29, 0.717) is 13.2 Å². The molecule has 0 aromatic heterocycles. The average molecular weight is 277 g/mol. The maximum absolute atomic E-state index is 6.14. The van der Waals surface area contributed by atoms with Crippen molar-refractivity contribution in [2.75, 3.05) is 13.2 Å². The van der Waals surface area contributed by atoms with E-state index in [-0.39, 0.29) is 10.7 Å². The Hall–Kier alpha value is 0.150. The van der Waals surface area contributed by atoms with Gasteiger partial charge in [-0.25, -0.2) is 4.74 Å². The first kappa shape index (κ1) is 18.1. The summed E-state index contributed by atoms with van der Waals surface area (Å²) in [5.74, 6) is 0. The Kier molecular flexibility index (Phi) is 7.13. The molecule has 0 radical (unpaired) electrons. The Morgan fingerprint density at radius 2 is 1.22 bits per heavy atom. The number of nitrogens with zero attached hydrogens (tertiary/aromatic N) is 1. The van der Waals surface area contributed by atoms with Crippen LogP contribution in [0.2, 0.25) is 0 Å². The summed E-state index contributed by atoms with van der Waals surface area (Å²) in [6, 6.07) is 0. The Morgan fingerprint density at radius 1 is 0.833 bits per heavy atom. The molecule has 0 atom stereocenters. The molecule has 0 amide bonds. The summed E-state index contributed by atoms with van der Waals surface area (Å²) in [5, 5.41) is -0.0788. The maximum Gasteiger partial charge on any atom is 0.218 e. The van der Waals surface area contributed by atoms with Crippen LogP contribution in [0.5, 0.6) is 0 Å². The van der Waals surface area contributed by atoms with Gasteiger partial charge >= 0.3 is 0 Å². The zero-order chi connectivity index (χ0) is 14.4. The second-order valence-corrected chi connectivity index (χ2v) is 9.73. The lowest BCUT2D eigenvalue weighted by Gasteiger charge is -2.37. The highest BCUT2D eigenvalue weighted by Crippen LogP contribution is 2.64. The summed E-state index contributed by atoms with van der Waals surface area (Å²) in [4.78, 5) is 0. The molecule has 0 aliphatic carbocycles. The van der Waals surface area contributed by atoms with Gasteiger partial charge in [-0.2, -0.15) is 0 Å². The molecule has 0 saturated carbocycles. The third-order valence-corrected chi connectivity index (χ3v) is 5.84. The maximum atomic E-state index is 6.14. The zero-order valence-corrected chi connectivity index (χ0v) is 14.4. The Labute approximate surface area is 114 Å². The first-order valence-electron chi connectivity index (χ1n) is 7.00. The smallest absolute Gasteiger partial charge is 0.218 e. The van der Waals surface area contributed by atoms with E-state index in [1.807, 2.05) is 0 Å². The van der Waals surface area contributed by atoms with Gasteiger partial charge in [0.15, 0.2) is 0 Å². The number of hydrogen-bond donors (Lipinski definition) is 0. The van der Waals surface area contributed by atoms with Crippen LogP contribution in [0, 0.1) is 0 Å². The highest BCUT2D eigenvalue weighted by atomic mass is 31.2. The molecule has 4 heteroatoms. The summed E-state index contributed by atoms with van der Waals surface area (Å²) >= 11 is 0. The first-order valence-corrected chi connectivity index (χ1v) is 8.58. The van der Waals surface area contributed by atoms with Gasteiger partial charge in [-0.1, -0.05) is 34.6 Å². The van der Waals surface area contributed by atoms with Gasteiger partial charge in [0.1, 0.15) is 0 Å². The standard InChI is InChI=1S/C14H32NO2P/c1-9-11-16-18(14(6,7)8,17-12-10-2)15-13(3,4)5/h9-12H2,1-8H3. The van der Waals surface area contributed by atoms with E-state index in [2.05, 4.69) is 55.4 Å². The third kappa shape index (κ3) is 5.86. The molecule has 0 saturated heterocycles. The van der Waals surface area contributed by atoms with Gasteiger partial charge in [0, 0.05) is 5.16 Å². The van der Waals surface area contributed by atoms with E-state index < -0.39 is 7.51 Å². The zero-order valence-electron chi connectivity index (χ0n) is 13.5. The van der Waals surface area contributed by atoms with Crippen molar-refractivity contribution in [2.24, 2.45) is 4.74 Å². The molecule has 0 aliphatic rings. The lowest BCUT2D eigenvalue weighted by molar-refractivity contribution is 0.220. The minimum atomic E-state index is -2.21. The molecular weight excluding hydrogens is 245 g/mol. The molecule has 0 spiro atoms. The van der Waals surface area contributed by atoms with Crippen LogP contribution in [0.25, 0.3) is 0 Å². The van der Waals surface area contributed by atoms with Gasteiger partial charge in [0.05, 0.1) is 18.8 Å². The summed E-state index contributed by atoms with van der Waals surface area (Å²) < 4.78 is 17.2. The minimum Gasteiger partial charge on any atom is -0.323 e. The molecule has 3 nitrogen and oxygen atoms in total. The van der Waals surface area contributed by atoms with E-state index in [1.54, 1.807) is 0 Å². The van der Waals surface area contributed by atoms with Crippen LogP contribution in [0.1, 0.15) is 68.2 Å². The number of rotatable bonds is 6. The van der Waals surface area contributed by atoms with Crippen molar-refractivity contribution in [3.05, 3.63) is 0 Å². The van der Waals surface area contributed by atoms with Crippen molar-refractivity contribution in [3.8, 4) is 0 Å². The Bertz CT molecular complexity index is 275. The van der Waals surface area contributed by atoms with Crippen LogP contribution >= 0.6 is 7.51 Å². The third-order valence-electron chi connectivity index (χ3n) is 2.22. The SMILES string of the molecule is CCCOP(=NC(C)(C)C)(OCCC)C(C)(C)C. The lowest BCUT2D eigenvalue weighted by Crippen LogP contribution is -2.23. The number of hydrogen-bond acceptors (Lipinski definition) is 3.